The Hall–Kier alpha value is -0.0100. The summed E-state index contributed by atoms with van der Waals surface area (Å²) in [5, 5.41) is 0. The highest BCUT2D eigenvalue weighted by molar-refractivity contribution is 9.10. The molecule has 56 valence electrons. The van der Waals surface area contributed by atoms with Crippen LogP contribution in [0.4, 0.5) is 0 Å². The van der Waals surface area contributed by atoms with Crippen molar-refractivity contribution < 1.29 is 8.42 Å². The van der Waals surface area contributed by atoms with E-state index in [1.165, 1.54) is 0 Å². The van der Waals surface area contributed by atoms with Crippen LogP contribution in [-0.2, 0) is 9.84 Å². The number of rotatable bonds is 1. The zero-order valence-corrected chi connectivity index (χ0v) is 8.12. The van der Waals surface area contributed by atoms with Gasteiger partial charge in [-0.2, -0.15) is 9.36 Å². The molecule has 0 amide bonds. The van der Waals surface area contributed by atoms with Gasteiger partial charge in [-0.25, -0.2) is 8.42 Å². The van der Waals surface area contributed by atoms with Crippen molar-refractivity contribution in [3.63, 3.8) is 0 Å². The Labute approximate surface area is 70.5 Å². The number of sulfone groups is 1. The molecule has 1 aromatic heterocycles. The fraction of sp³-hybridized carbons (Fsp3) is 0.333. The van der Waals surface area contributed by atoms with Gasteiger partial charge >= 0.3 is 0 Å². The van der Waals surface area contributed by atoms with Crippen LogP contribution >= 0.6 is 27.5 Å². The van der Waals surface area contributed by atoms with Gasteiger partial charge in [-0.15, -0.1) is 0 Å². The van der Waals surface area contributed by atoms with E-state index in [1.54, 1.807) is 0 Å². The smallest absolute Gasteiger partial charge is 0.221 e. The molecule has 0 unspecified atom stereocenters. The number of hydrogen-bond acceptors (Lipinski definition) is 5. The summed E-state index contributed by atoms with van der Waals surface area (Å²) in [5.74, 6) is 0. The minimum absolute atomic E-state index is 0.0411. The maximum Gasteiger partial charge on any atom is 0.229 e. The summed E-state index contributed by atoms with van der Waals surface area (Å²) in [6.45, 7) is 0. The highest BCUT2D eigenvalue weighted by Crippen LogP contribution is 2.14. The van der Waals surface area contributed by atoms with Gasteiger partial charge < -0.3 is 0 Å². The van der Waals surface area contributed by atoms with Gasteiger partial charge in [0.2, 0.25) is 18.9 Å². The molecule has 0 saturated heterocycles. The van der Waals surface area contributed by atoms with E-state index in [0.29, 0.717) is 4.73 Å². The lowest BCUT2D eigenvalue weighted by atomic mass is 11.3. The molecule has 0 aromatic carbocycles. The maximum atomic E-state index is 10.7. The average molecular weight is 243 g/mol. The number of hydrogen-bond donors (Lipinski definition) is 0. The summed E-state index contributed by atoms with van der Waals surface area (Å²) < 4.78 is 25.5. The third-order valence-corrected chi connectivity index (χ3v) is 3.66. The molecule has 0 atom stereocenters. The third-order valence-electron chi connectivity index (χ3n) is 0.700. The lowest BCUT2D eigenvalue weighted by molar-refractivity contribution is 0.601. The van der Waals surface area contributed by atoms with Gasteiger partial charge in [0.25, 0.3) is 0 Å². The number of nitrogens with zero attached hydrogens (tertiary/aromatic N) is 2. The van der Waals surface area contributed by atoms with Crippen molar-refractivity contribution in [2.75, 3.05) is 6.26 Å². The molecule has 10 heavy (non-hydrogen) atoms. The van der Waals surface area contributed by atoms with Crippen molar-refractivity contribution in [3.05, 3.63) is 4.73 Å². The van der Waals surface area contributed by atoms with E-state index >= 15 is 0 Å². The van der Waals surface area contributed by atoms with Crippen molar-refractivity contribution >= 4 is 37.3 Å². The first-order chi connectivity index (χ1) is 4.50. The van der Waals surface area contributed by atoms with E-state index < -0.39 is 9.84 Å². The molecule has 4 nitrogen and oxygen atoms in total. The zero-order chi connectivity index (χ0) is 7.78. The lowest BCUT2D eigenvalue weighted by Crippen LogP contribution is -1.94. The first kappa shape index (κ1) is 8.09. The highest BCUT2D eigenvalue weighted by Gasteiger charge is 2.12. The summed E-state index contributed by atoms with van der Waals surface area (Å²) >= 11 is 3.81. The molecule has 0 bridgehead atoms. The van der Waals surface area contributed by atoms with Gasteiger partial charge in [0.05, 0.1) is 0 Å². The second-order valence-corrected chi connectivity index (χ2v) is 5.25. The van der Waals surface area contributed by atoms with Crippen LogP contribution in [0.2, 0.25) is 0 Å². The van der Waals surface area contributed by atoms with E-state index in [1.807, 2.05) is 0 Å². The molecular weight excluding hydrogens is 240 g/mol. The summed E-state index contributed by atoms with van der Waals surface area (Å²) in [6, 6.07) is 0. The van der Waals surface area contributed by atoms with Crippen LogP contribution in [0.3, 0.4) is 0 Å². The van der Waals surface area contributed by atoms with Crippen LogP contribution in [-0.4, -0.2) is 24.0 Å². The molecule has 0 aliphatic heterocycles. The molecule has 1 aromatic rings. The molecule has 0 aliphatic carbocycles. The van der Waals surface area contributed by atoms with Gasteiger partial charge in [-0.05, 0) is 27.5 Å². The second kappa shape index (κ2) is 2.55. The van der Waals surface area contributed by atoms with Gasteiger partial charge in [-0.1, -0.05) is 0 Å². The molecule has 0 N–H and O–H groups in total. The van der Waals surface area contributed by atoms with Gasteiger partial charge in [0, 0.05) is 6.26 Å². The minimum Gasteiger partial charge on any atom is -0.221 e. The fourth-order valence-corrected chi connectivity index (χ4v) is 2.20. The van der Waals surface area contributed by atoms with Gasteiger partial charge in [0.15, 0.2) is 0 Å². The van der Waals surface area contributed by atoms with E-state index in [9.17, 15) is 8.42 Å². The lowest BCUT2D eigenvalue weighted by Gasteiger charge is -1.83. The largest absolute Gasteiger partial charge is 0.229 e. The molecule has 1 heterocycles. The van der Waals surface area contributed by atoms with Crippen LogP contribution in [0.25, 0.3) is 0 Å². The van der Waals surface area contributed by atoms with Crippen LogP contribution in [0.1, 0.15) is 0 Å². The quantitative estimate of drug-likeness (QED) is 0.728. The Morgan fingerprint density at radius 2 is 2.20 bits per heavy atom. The second-order valence-electron chi connectivity index (χ2n) is 1.60. The molecule has 0 aliphatic rings. The maximum absolute atomic E-state index is 10.7. The topological polar surface area (TPSA) is 59.9 Å². The first-order valence-corrected chi connectivity index (χ1v) is 5.65. The predicted molar refractivity (Wildman–Crippen MR) is 40.7 cm³/mol. The van der Waals surface area contributed by atoms with Crippen molar-refractivity contribution in [1.82, 2.24) is 9.36 Å². The first-order valence-electron chi connectivity index (χ1n) is 2.19. The number of halogens is 1. The van der Waals surface area contributed by atoms with E-state index in [2.05, 4.69) is 25.3 Å². The Bertz CT molecular complexity index is 330. The highest BCUT2D eigenvalue weighted by atomic mass is 79.9. The monoisotopic (exact) mass is 242 g/mol. The summed E-state index contributed by atoms with van der Waals surface area (Å²) in [5.41, 5.74) is 0. The van der Waals surface area contributed by atoms with Crippen molar-refractivity contribution in [2.45, 2.75) is 4.34 Å². The Morgan fingerprint density at radius 1 is 1.60 bits per heavy atom. The Balaban J connectivity index is 3.21. The normalized spacial score (nSPS) is 11.8. The Kier molecular flexibility index (Phi) is 2.07. The molecule has 0 spiro atoms. The standard InChI is InChI=1S/C3H3BrN2O2S2/c1-10(7,8)3-5-2(4)6-9-3/h1H3. The molecule has 0 fully saturated rings. The molecule has 1 rings (SSSR count). The van der Waals surface area contributed by atoms with Crippen LogP contribution in [0.5, 0.6) is 0 Å². The van der Waals surface area contributed by atoms with E-state index in [-0.39, 0.29) is 4.34 Å². The molecule has 0 radical (unpaired) electrons. The molecule has 0 saturated carbocycles. The van der Waals surface area contributed by atoms with Crippen LogP contribution in [0, 0.1) is 0 Å². The van der Waals surface area contributed by atoms with Crippen molar-refractivity contribution in [2.24, 2.45) is 0 Å². The summed E-state index contributed by atoms with van der Waals surface area (Å²) in [7, 11) is -3.17. The molecule has 7 heteroatoms. The van der Waals surface area contributed by atoms with Crippen LogP contribution < -0.4 is 0 Å². The minimum atomic E-state index is -3.17. The summed E-state index contributed by atoms with van der Waals surface area (Å²) in [6.07, 6.45) is 1.10. The van der Waals surface area contributed by atoms with Crippen molar-refractivity contribution in [3.8, 4) is 0 Å². The predicted octanol–water partition coefficient (Wildman–Crippen LogP) is 0.704. The average Bonchev–Trinajstić information content (AvgIpc) is 2.11. The van der Waals surface area contributed by atoms with Crippen molar-refractivity contribution in [1.29, 1.82) is 0 Å². The van der Waals surface area contributed by atoms with Gasteiger partial charge in [-0.3, -0.25) is 0 Å². The Morgan fingerprint density at radius 3 is 2.40 bits per heavy atom. The van der Waals surface area contributed by atoms with E-state index in [4.69, 9.17) is 0 Å². The summed E-state index contributed by atoms with van der Waals surface area (Å²) in [4.78, 5) is 3.62. The SMILES string of the molecule is CS(=O)(=O)c1nc(Br)ns1. The van der Waals surface area contributed by atoms with Crippen LogP contribution in [0.15, 0.2) is 9.07 Å². The zero-order valence-electron chi connectivity index (χ0n) is 4.91. The molecular formula is C3H3BrN2O2S2. The van der Waals surface area contributed by atoms with Gasteiger partial charge in [0.1, 0.15) is 0 Å². The third kappa shape index (κ3) is 1.74. The fourth-order valence-electron chi connectivity index (χ4n) is 0.343. The number of aromatic nitrogens is 2. The van der Waals surface area contributed by atoms with E-state index in [0.717, 1.165) is 17.8 Å².